The number of hydrogen-bond acceptors (Lipinski definition) is 2. The fourth-order valence-electron chi connectivity index (χ4n) is 2.27. The van der Waals surface area contributed by atoms with Crippen LogP contribution in [-0.2, 0) is 6.61 Å². The van der Waals surface area contributed by atoms with Gasteiger partial charge in [0.25, 0.3) is 0 Å². The SMILES string of the molecule is Cc1cc2[nH]cc(C=O)c2cc1OCc1ccccc1. The minimum Gasteiger partial charge on any atom is -0.489 e. The van der Waals surface area contributed by atoms with Crippen LogP contribution in [-0.4, -0.2) is 11.3 Å². The van der Waals surface area contributed by atoms with Crippen LogP contribution in [0.2, 0.25) is 0 Å². The van der Waals surface area contributed by atoms with Crippen molar-refractivity contribution in [2.45, 2.75) is 13.5 Å². The number of hydrogen-bond donors (Lipinski definition) is 1. The van der Waals surface area contributed by atoms with Gasteiger partial charge in [-0.1, -0.05) is 30.3 Å². The molecule has 3 aromatic rings. The van der Waals surface area contributed by atoms with E-state index in [2.05, 4.69) is 4.98 Å². The van der Waals surface area contributed by atoms with Crippen molar-refractivity contribution in [3.8, 4) is 5.75 Å². The Bertz CT molecular complexity index is 744. The molecule has 0 aliphatic heterocycles. The molecule has 3 heteroatoms. The molecule has 20 heavy (non-hydrogen) atoms. The summed E-state index contributed by atoms with van der Waals surface area (Å²) in [6, 6.07) is 14.0. The maximum atomic E-state index is 11.0. The molecular formula is C17H15NO2. The van der Waals surface area contributed by atoms with Crippen molar-refractivity contribution in [2.75, 3.05) is 0 Å². The summed E-state index contributed by atoms with van der Waals surface area (Å²) >= 11 is 0. The Balaban J connectivity index is 1.90. The van der Waals surface area contributed by atoms with Crippen molar-refractivity contribution in [1.29, 1.82) is 0 Å². The molecule has 1 aromatic heterocycles. The number of nitrogens with one attached hydrogen (secondary N) is 1. The second kappa shape index (κ2) is 5.21. The highest BCUT2D eigenvalue weighted by atomic mass is 16.5. The quantitative estimate of drug-likeness (QED) is 0.728. The summed E-state index contributed by atoms with van der Waals surface area (Å²) in [6.45, 7) is 2.52. The molecule has 0 unspecified atom stereocenters. The molecule has 2 aromatic carbocycles. The maximum absolute atomic E-state index is 11.0. The number of benzene rings is 2. The van der Waals surface area contributed by atoms with Gasteiger partial charge in [-0.05, 0) is 30.2 Å². The van der Waals surface area contributed by atoms with Crippen LogP contribution in [0.1, 0.15) is 21.5 Å². The lowest BCUT2D eigenvalue weighted by Crippen LogP contribution is -1.96. The van der Waals surface area contributed by atoms with Crippen LogP contribution in [0.4, 0.5) is 0 Å². The molecule has 0 bridgehead atoms. The summed E-state index contributed by atoms with van der Waals surface area (Å²) < 4.78 is 5.87. The Hall–Kier alpha value is -2.55. The van der Waals surface area contributed by atoms with E-state index in [1.165, 1.54) is 0 Å². The van der Waals surface area contributed by atoms with Crippen LogP contribution >= 0.6 is 0 Å². The molecule has 0 fully saturated rings. The van der Waals surface area contributed by atoms with Gasteiger partial charge >= 0.3 is 0 Å². The van der Waals surface area contributed by atoms with Gasteiger partial charge in [0.2, 0.25) is 0 Å². The number of aromatic amines is 1. The predicted molar refractivity (Wildman–Crippen MR) is 79.2 cm³/mol. The van der Waals surface area contributed by atoms with E-state index in [0.717, 1.165) is 34.1 Å². The molecule has 1 N–H and O–H groups in total. The van der Waals surface area contributed by atoms with E-state index in [-0.39, 0.29) is 0 Å². The van der Waals surface area contributed by atoms with Gasteiger partial charge in [-0.3, -0.25) is 4.79 Å². The minimum absolute atomic E-state index is 0.522. The third-order valence-corrected chi connectivity index (χ3v) is 3.37. The Morgan fingerprint density at radius 3 is 2.75 bits per heavy atom. The maximum Gasteiger partial charge on any atom is 0.152 e. The number of aryl methyl sites for hydroxylation is 1. The largest absolute Gasteiger partial charge is 0.489 e. The lowest BCUT2D eigenvalue weighted by molar-refractivity contribution is 0.112. The van der Waals surface area contributed by atoms with Crippen LogP contribution in [0.25, 0.3) is 10.9 Å². The topological polar surface area (TPSA) is 42.1 Å². The van der Waals surface area contributed by atoms with E-state index in [1.54, 1.807) is 6.20 Å². The smallest absolute Gasteiger partial charge is 0.152 e. The first-order chi connectivity index (χ1) is 9.78. The number of rotatable bonds is 4. The average molecular weight is 265 g/mol. The molecule has 3 nitrogen and oxygen atoms in total. The molecule has 0 aliphatic carbocycles. The Labute approximate surface area is 117 Å². The van der Waals surface area contributed by atoms with Gasteiger partial charge in [0, 0.05) is 22.7 Å². The molecular weight excluding hydrogens is 250 g/mol. The van der Waals surface area contributed by atoms with E-state index in [4.69, 9.17) is 4.74 Å². The Morgan fingerprint density at radius 2 is 2.00 bits per heavy atom. The zero-order valence-corrected chi connectivity index (χ0v) is 11.2. The summed E-state index contributed by atoms with van der Waals surface area (Å²) in [5, 5.41) is 0.897. The Morgan fingerprint density at radius 1 is 1.20 bits per heavy atom. The van der Waals surface area contributed by atoms with Crippen molar-refractivity contribution < 1.29 is 9.53 Å². The second-order valence-electron chi connectivity index (χ2n) is 4.80. The second-order valence-corrected chi connectivity index (χ2v) is 4.80. The first kappa shape index (κ1) is 12.5. The molecule has 0 atom stereocenters. The number of carbonyl (C=O) groups is 1. The van der Waals surface area contributed by atoms with Gasteiger partial charge in [-0.25, -0.2) is 0 Å². The lowest BCUT2D eigenvalue weighted by atomic mass is 10.1. The molecule has 0 saturated heterocycles. The summed E-state index contributed by atoms with van der Waals surface area (Å²) in [7, 11) is 0. The van der Waals surface area contributed by atoms with E-state index in [0.29, 0.717) is 12.2 Å². The third kappa shape index (κ3) is 2.30. The number of aromatic nitrogens is 1. The minimum atomic E-state index is 0.522. The molecule has 0 spiro atoms. The van der Waals surface area contributed by atoms with E-state index < -0.39 is 0 Å². The number of carbonyl (C=O) groups excluding carboxylic acids is 1. The zero-order chi connectivity index (χ0) is 13.9. The van der Waals surface area contributed by atoms with Gasteiger partial charge in [0.15, 0.2) is 6.29 Å². The molecule has 0 amide bonds. The van der Waals surface area contributed by atoms with Crippen molar-refractivity contribution in [3.63, 3.8) is 0 Å². The summed E-state index contributed by atoms with van der Waals surface area (Å²) in [5.74, 6) is 0.809. The van der Waals surface area contributed by atoms with Gasteiger partial charge in [0.1, 0.15) is 12.4 Å². The van der Waals surface area contributed by atoms with E-state index in [1.807, 2.05) is 49.4 Å². The highest BCUT2D eigenvalue weighted by Crippen LogP contribution is 2.27. The molecule has 0 aliphatic rings. The monoisotopic (exact) mass is 265 g/mol. The van der Waals surface area contributed by atoms with Crippen LogP contribution in [0.15, 0.2) is 48.7 Å². The summed E-state index contributed by atoms with van der Waals surface area (Å²) in [4.78, 5) is 14.1. The molecule has 100 valence electrons. The number of ether oxygens (including phenoxy) is 1. The standard InChI is InChI=1S/C17H15NO2/c1-12-7-16-15(14(10-19)9-18-16)8-17(12)20-11-13-5-3-2-4-6-13/h2-10,18H,11H2,1H3. The average Bonchev–Trinajstić information content (AvgIpc) is 2.87. The van der Waals surface area contributed by atoms with Crippen molar-refractivity contribution >= 4 is 17.2 Å². The fraction of sp³-hybridized carbons (Fsp3) is 0.118. The lowest BCUT2D eigenvalue weighted by Gasteiger charge is -2.09. The highest BCUT2D eigenvalue weighted by molar-refractivity contribution is 5.98. The summed E-state index contributed by atoms with van der Waals surface area (Å²) in [6.07, 6.45) is 2.58. The van der Waals surface area contributed by atoms with Crippen LogP contribution in [0.3, 0.4) is 0 Å². The molecule has 3 rings (SSSR count). The van der Waals surface area contributed by atoms with Crippen molar-refractivity contribution in [3.05, 3.63) is 65.4 Å². The zero-order valence-electron chi connectivity index (χ0n) is 11.2. The predicted octanol–water partition coefficient (Wildman–Crippen LogP) is 3.87. The van der Waals surface area contributed by atoms with Crippen LogP contribution in [0, 0.1) is 6.92 Å². The van der Waals surface area contributed by atoms with E-state index >= 15 is 0 Å². The third-order valence-electron chi connectivity index (χ3n) is 3.37. The van der Waals surface area contributed by atoms with Crippen molar-refractivity contribution in [2.24, 2.45) is 0 Å². The van der Waals surface area contributed by atoms with Gasteiger partial charge in [-0.15, -0.1) is 0 Å². The highest BCUT2D eigenvalue weighted by Gasteiger charge is 2.08. The first-order valence-electron chi connectivity index (χ1n) is 6.51. The fourth-order valence-corrected chi connectivity index (χ4v) is 2.27. The molecule has 1 heterocycles. The first-order valence-corrected chi connectivity index (χ1v) is 6.51. The normalized spacial score (nSPS) is 10.7. The number of H-pyrrole nitrogens is 1. The Kier molecular flexibility index (Phi) is 3.25. The van der Waals surface area contributed by atoms with Crippen LogP contribution < -0.4 is 4.74 Å². The van der Waals surface area contributed by atoms with Gasteiger partial charge in [-0.2, -0.15) is 0 Å². The van der Waals surface area contributed by atoms with Crippen LogP contribution in [0.5, 0.6) is 5.75 Å². The van der Waals surface area contributed by atoms with Crippen molar-refractivity contribution in [1.82, 2.24) is 4.98 Å². The van der Waals surface area contributed by atoms with Gasteiger partial charge < -0.3 is 9.72 Å². The summed E-state index contributed by atoms with van der Waals surface area (Å²) in [5.41, 5.74) is 3.78. The number of fused-ring (bicyclic) bond motifs is 1. The molecule has 0 saturated carbocycles. The van der Waals surface area contributed by atoms with E-state index in [9.17, 15) is 4.79 Å². The molecule has 0 radical (unpaired) electrons. The van der Waals surface area contributed by atoms with Gasteiger partial charge in [0.05, 0.1) is 0 Å². The number of aldehydes is 1.